The van der Waals surface area contributed by atoms with Crippen molar-refractivity contribution >= 4 is 23.4 Å². The third-order valence-corrected chi connectivity index (χ3v) is 5.68. The van der Waals surface area contributed by atoms with E-state index in [0.29, 0.717) is 17.1 Å². The summed E-state index contributed by atoms with van der Waals surface area (Å²) < 4.78 is -0.0605. The van der Waals surface area contributed by atoms with E-state index >= 15 is 0 Å². The molecule has 0 bridgehead atoms. The van der Waals surface area contributed by atoms with Crippen LogP contribution in [0.1, 0.15) is 31.1 Å². The van der Waals surface area contributed by atoms with Gasteiger partial charge >= 0.3 is 0 Å². The molecule has 0 aliphatic heterocycles. The van der Waals surface area contributed by atoms with Crippen LogP contribution in [0, 0.1) is 0 Å². The summed E-state index contributed by atoms with van der Waals surface area (Å²) in [6.45, 7) is 6.42. The third-order valence-electron chi connectivity index (χ3n) is 4.51. The maximum atomic E-state index is 13.1. The summed E-state index contributed by atoms with van der Waals surface area (Å²) >= 11 is 1.68. The molecule has 4 rings (SSSR count). The molecule has 0 radical (unpaired) electrons. The van der Waals surface area contributed by atoms with Crippen LogP contribution in [0.4, 0.5) is 5.69 Å². The second-order valence-electron chi connectivity index (χ2n) is 8.00. The van der Waals surface area contributed by atoms with E-state index in [1.165, 1.54) is 0 Å². The first-order chi connectivity index (χ1) is 14.9. The predicted octanol–water partition coefficient (Wildman–Crippen LogP) is 5.68. The van der Waals surface area contributed by atoms with E-state index < -0.39 is 0 Å². The zero-order chi connectivity index (χ0) is 21.8. The van der Waals surface area contributed by atoms with Gasteiger partial charge in [-0.1, -0.05) is 75.4 Å². The molecule has 4 aromatic rings. The minimum atomic E-state index is -0.189. The maximum Gasteiger partial charge on any atom is 0.255 e. The number of aromatic amines is 1. The Balaban J connectivity index is 1.92. The number of anilines is 1. The number of carbonyl (C=O) groups excluding carboxylic acids is 1. The van der Waals surface area contributed by atoms with Crippen LogP contribution in [0.3, 0.4) is 0 Å². The number of aromatic nitrogens is 4. The number of hydrogen-bond donors (Lipinski definition) is 2. The topological polar surface area (TPSA) is 83.6 Å². The first-order valence-electron chi connectivity index (χ1n) is 9.94. The number of amides is 1. The number of rotatable bonds is 5. The smallest absolute Gasteiger partial charge is 0.255 e. The van der Waals surface area contributed by atoms with Crippen molar-refractivity contribution in [3.63, 3.8) is 0 Å². The Morgan fingerprint density at radius 3 is 2.23 bits per heavy atom. The molecule has 0 aliphatic carbocycles. The van der Waals surface area contributed by atoms with Crippen molar-refractivity contribution < 1.29 is 4.79 Å². The highest BCUT2D eigenvalue weighted by Crippen LogP contribution is 2.45. The fourth-order valence-electron chi connectivity index (χ4n) is 3.26. The lowest BCUT2D eigenvalue weighted by Gasteiger charge is -2.23. The summed E-state index contributed by atoms with van der Waals surface area (Å²) in [6, 6.07) is 23.2. The van der Waals surface area contributed by atoms with E-state index in [0.717, 1.165) is 21.6 Å². The second kappa shape index (κ2) is 8.73. The van der Waals surface area contributed by atoms with Gasteiger partial charge in [-0.05, 0) is 34.5 Å². The van der Waals surface area contributed by atoms with Crippen LogP contribution in [0.25, 0.3) is 22.5 Å². The molecular formula is C24H23N5OS. The van der Waals surface area contributed by atoms with Gasteiger partial charge in [0.25, 0.3) is 5.91 Å². The van der Waals surface area contributed by atoms with E-state index in [2.05, 4.69) is 46.7 Å². The molecule has 0 saturated carbocycles. The second-order valence-corrected chi connectivity index (χ2v) is 9.87. The van der Waals surface area contributed by atoms with Crippen LogP contribution >= 0.6 is 11.8 Å². The largest absolute Gasteiger partial charge is 0.320 e. The number of hydrogen-bond acceptors (Lipinski definition) is 5. The lowest BCUT2D eigenvalue weighted by molar-refractivity contribution is 0.102. The number of nitrogens with one attached hydrogen (secondary N) is 2. The van der Waals surface area contributed by atoms with Crippen LogP contribution in [-0.2, 0) is 0 Å². The summed E-state index contributed by atoms with van der Waals surface area (Å²) in [4.78, 5) is 14.1. The predicted molar refractivity (Wildman–Crippen MR) is 125 cm³/mol. The van der Waals surface area contributed by atoms with Crippen LogP contribution in [0.2, 0.25) is 0 Å². The fourth-order valence-corrected chi connectivity index (χ4v) is 4.31. The van der Waals surface area contributed by atoms with Gasteiger partial charge in [-0.15, -0.1) is 22.0 Å². The van der Waals surface area contributed by atoms with Gasteiger partial charge in [0.15, 0.2) is 0 Å². The van der Waals surface area contributed by atoms with Gasteiger partial charge in [-0.3, -0.25) is 4.79 Å². The molecule has 0 atom stereocenters. The van der Waals surface area contributed by atoms with Crippen molar-refractivity contribution in [3.8, 4) is 22.5 Å². The molecule has 156 valence electrons. The molecule has 6 nitrogen and oxygen atoms in total. The van der Waals surface area contributed by atoms with Gasteiger partial charge in [0, 0.05) is 15.2 Å². The number of H-pyrrole nitrogens is 1. The lowest BCUT2D eigenvalue weighted by Crippen LogP contribution is -2.15. The number of nitrogens with zero attached hydrogens (tertiary/aromatic N) is 3. The van der Waals surface area contributed by atoms with Crippen LogP contribution in [0.5, 0.6) is 0 Å². The zero-order valence-corrected chi connectivity index (χ0v) is 18.4. The molecular weight excluding hydrogens is 406 g/mol. The Bertz CT molecular complexity index is 1170. The Hall–Kier alpha value is -3.45. The van der Waals surface area contributed by atoms with Gasteiger partial charge in [0.1, 0.15) is 0 Å². The van der Waals surface area contributed by atoms with Crippen molar-refractivity contribution in [2.75, 3.05) is 5.32 Å². The molecule has 0 spiro atoms. The number of tetrazole rings is 1. The van der Waals surface area contributed by atoms with Gasteiger partial charge in [-0.2, -0.15) is 5.21 Å². The van der Waals surface area contributed by atoms with Gasteiger partial charge in [-0.25, -0.2) is 0 Å². The molecule has 0 aliphatic rings. The summed E-state index contributed by atoms with van der Waals surface area (Å²) in [5.74, 6) is 0.241. The monoisotopic (exact) mass is 429 g/mol. The van der Waals surface area contributed by atoms with Crippen molar-refractivity contribution in [2.45, 2.75) is 30.4 Å². The highest BCUT2D eigenvalue weighted by atomic mass is 32.2. The standard InChI is InChI=1S/C24H23N5OS/c1-24(2,3)31-19-15-14-18(16-10-6-4-7-11-16)20(22-26-28-29-27-22)21(19)25-23(30)17-12-8-5-9-13-17/h4-15H,1-3H3,(H,25,30)(H,26,27,28,29). The highest BCUT2D eigenvalue weighted by molar-refractivity contribution is 8.00. The highest BCUT2D eigenvalue weighted by Gasteiger charge is 2.24. The van der Waals surface area contributed by atoms with Crippen molar-refractivity contribution in [1.29, 1.82) is 0 Å². The van der Waals surface area contributed by atoms with Gasteiger partial charge in [0.2, 0.25) is 5.82 Å². The quantitative estimate of drug-likeness (QED) is 0.399. The van der Waals surface area contributed by atoms with Gasteiger partial charge in [0.05, 0.1) is 11.3 Å². The summed E-state index contributed by atoms with van der Waals surface area (Å²) in [5.41, 5.74) is 3.92. The number of benzene rings is 3. The van der Waals surface area contributed by atoms with E-state index in [4.69, 9.17) is 0 Å². The van der Waals surface area contributed by atoms with Crippen LogP contribution in [0.15, 0.2) is 77.7 Å². The Morgan fingerprint density at radius 1 is 0.935 bits per heavy atom. The van der Waals surface area contributed by atoms with Crippen molar-refractivity contribution in [1.82, 2.24) is 20.6 Å². The van der Waals surface area contributed by atoms with E-state index in [9.17, 15) is 4.79 Å². The molecule has 1 amide bonds. The summed E-state index contributed by atoms with van der Waals surface area (Å²) in [7, 11) is 0. The van der Waals surface area contributed by atoms with E-state index in [-0.39, 0.29) is 10.7 Å². The molecule has 0 fully saturated rings. The molecule has 31 heavy (non-hydrogen) atoms. The maximum absolute atomic E-state index is 13.1. The Kier molecular flexibility index (Phi) is 5.86. The molecule has 1 aromatic heterocycles. The molecule has 2 N–H and O–H groups in total. The Labute approximate surface area is 185 Å². The number of thioether (sulfide) groups is 1. The first-order valence-corrected chi connectivity index (χ1v) is 10.8. The summed E-state index contributed by atoms with van der Waals surface area (Å²) in [5, 5.41) is 17.9. The van der Waals surface area contributed by atoms with Gasteiger partial charge < -0.3 is 5.32 Å². The summed E-state index contributed by atoms with van der Waals surface area (Å²) in [6.07, 6.45) is 0. The average Bonchev–Trinajstić information content (AvgIpc) is 3.29. The average molecular weight is 430 g/mol. The lowest BCUT2D eigenvalue weighted by atomic mass is 9.97. The first kappa shape index (κ1) is 20.8. The zero-order valence-electron chi connectivity index (χ0n) is 17.6. The molecule has 7 heteroatoms. The third kappa shape index (κ3) is 4.83. The van der Waals surface area contributed by atoms with Crippen LogP contribution in [-0.4, -0.2) is 31.3 Å². The van der Waals surface area contributed by atoms with Crippen molar-refractivity contribution in [2.24, 2.45) is 0 Å². The normalized spacial score (nSPS) is 11.3. The molecule has 0 unspecified atom stereocenters. The minimum absolute atomic E-state index is 0.0605. The fraction of sp³-hybridized carbons (Fsp3) is 0.167. The minimum Gasteiger partial charge on any atom is -0.320 e. The molecule has 3 aromatic carbocycles. The van der Waals surface area contributed by atoms with E-state index in [1.807, 2.05) is 60.7 Å². The molecule has 0 saturated heterocycles. The van der Waals surface area contributed by atoms with Crippen molar-refractivity contribution in [3.05, 3.63) is 78.4 Å². The Morgan fingerprint density at radius 2 is 1.61 bits per heavy atom. The SMILES string of the molecule is CC(C)(C)Sc1ccc(-c2ccccc2)c(-c2nn[nH]n2)c1NC(=O)c1ccccc1. The molecule has 1 heterocycles. The number of carbonyl (C=O) groups is 1. The van der Waals surface area contributed by atoms with Crippen LogP contribution < -0.4 is 5.32 Å². The van der Waals surface area contributed by atoms with E-state index in [1.54, 1.807) is 23.9 Å².